The van der Waals surface area contributed by atoms with E-state index in [0.717, 1.165) is 10.6 Å². The van der Waals surface area contributed by atoms with Gasteiger partial charge in [-0.2, -0.15) is 0 Å². The molecule has 8 heteroatoms. The van der Waals surface area contributed by atoms with E-state index in [0.29, 0.717) is 17.4 Å². The topological polar surface area (TPSA) is 94.3 Å². The number of rotatable bonds is 5. The molecule has 0 atom stereocenters. The zero-order valence-corrected chi connectivity index (χ0v) is 13.6. The maximum Gasteiger partial charge on any atom is 0.267 e. The zero-order chi connectivity index (χ0) is 15.6. The molecule has 0 aliphatic heterocycles. The van der Waals surface area contributed by atoms with Gasteiger partial charge in [0, 0.05) is 10.6 Å². The second kappa shape index (κ2) is 5.90. The molecule has 2 aromatic rings. The third-order valence-corrected chi connectivity index (χ3v) is 5.28. The van der Waals surface area contributed by atoms with E-state index in [2.05, 4.69) is 9.71 Å². The largest absolute Gasteiger partial charge is 0.492 e. The van der Waals surface area contributed by atoms with Crippen LogP contribution in [0.3, 0.4) is 0 Å². The molecule has 0 fully saturated rings. The summed E-state index contributed by atoms with van der Waals surface area (Å²) in [4.78, 5) is 5.15. The first-order valence-electron chi connectivity index (χ1n) is 6.32. The molecule has 1 aromatic carbocycles. The summed E-state index contributed by atoms with van der Waals surface area (Å²) in [6.45, 7) is 5.86. The first-order valence-corrected chi connectivity index (χ1v) is 8.62. The number of ether oxygens (including phenoxy) is 1. The third-order valence-electron chi connectivity index (χ3n) is 2.81. The molecule has 21 heavy (non-hydrogen) atoms. The molecule has 3 N–H and O–H groups in total. The van der Waals surface area contributed by atoms with Gasteiger partial charge in [0.05, 0.1) is 12.3 Å². The predicted molar refractivity (Wildman–Crippen MR) is 84.4 cm³/mol. The van der Waals surface area contributed by atoms with Crippen molar-refractivity contribution in [1.29, 1.82) is 0 Å². The van der Waals surface area contributed by atoms with Crippen LogP contribution in [0.5, 0.6) is 5.75 Å². The van der Waals surface area contributed by atoms with Crippen LogP contribution in [0.2, 0.25) is 0 Å². The summed E-state index contributed by atoms with van der Waals surface area (Å²) in [6, 6.07) is 4.52. The lowest BCUT2D eigenvalue weighted by Gasteiger charge is -2.11. The number of aryl methyl sites for hydroxylation is 2. The number of nitrogens with zero attached hydrogens (tertiary/aromatic N) is 1. The second-order valence-electron chi connectivity index (χ2n) is 4.41. The number of hydrogen-bond acceptors (Lipinski definition) is 6. The van der Waals surface area contributed by atoms with Crippen LogP contribution in [0.4, 0.5) is 10.8 Å². The number of nitrogens with two attached hydrogens (primary N) is 1. The molecular weight excluding hydrogens is 310 g/mol. The second-order valence-corrected chi connectivity index (χ2v) is 7.26. The molecule has 0 spiro atoms. The van der Waals surface area contributed by atoms with Gasteiger partial charge in [0.1, 0.15) is 10.6 Å². The van der Waals surface area contributed by atoms with E-state index < -0.39 is 10.0 Å². The molecule has 0 bridgehead atoms. The molecule has 114 valence electrons. The fraction of sp³-hybridized carbons (Fsp3) is 0.308. The summed E-state index contributed by atoms with van der Waals surface area (Å²) >= 11 is 1.29. The molecule has 0 amide bonds. The zero-order valence-electron chi connectivity index (χ0n) is 12.0. The summed E-state index contributed by atoms with van der Waals surface area (Å²) in [5.41, 5.74) is 6.83. The number of sulfonamides is 1. The van der Waals surface area contributed by atoms with E-state index in [1.165, 1.54) is 17.4 Å². The highest BCUT2D eigenvalue weighted by atomic mass is 32.2. The van der Waals surface area contributed by atoms with Gasteiger partial charge >= 0.3 is 0 Å². The molecule has 1 heterocycles. The van der Waals surface area contributed by atoms with Crippen LogP contribution in [0.1, 0.15) is 17.5 Å². The van der Waals surface area contributed by atoms with E-state index >= 15 is 0 Å². The minimum atomic E-state index is -3.80. The van der Waals surface area contributed by atoms with E-state index in [4.69, 9.17) is 10.5 Å². The van der Waals surface area contributed by atoms with Gasteiger partial charge in [-0.1, -0.05) is 0 Å². The van der Waals surface area contributed by atoms with Crippen molar-refractivity contribution in [1.82, 2.24) is 4.98 Å². The highest BCUT2D eigenvalue weighted by Crippen LogP contribution is 2.30. The van der Waals surface area contributed by atoms with Gasteiger partial charge in [-0.05, 0) is 39.0 Å². The lowest BCUT2D eigenvalue weighted by atomic mass is 10.3. The minimum Gasteiger partial charge on any atom is -0.492 e. The Hall–Kier alpha value is -1.80. The summed E-state index contributed by atoms with van der Waals surface area (Å²) in [6.07, 6.45) is 0. The molecule has 6 nitrogen and oxygen atoms in total. The number of aromatic nitrogens is 1. The van der Waals surface area contributed by atoms with Gasteiger partial charge in [0.2, 0.25) is 0 Å². The van der Waals surface area contributed by atoms with Crippen molar-refractivity contribution in [3.63, 3.8) is 0 Å². The maximum absolute atomic E-state index is 12.5. The Morgan fingerprint density at radius 1 is 1.38 bits per heavy atom. The average Bonchev–Trinajstić information content (AvgIpc) is 2.69. The Labute approximate surface area is 128 Å². The first kappa shape index (κ1) is 15.6. The van der Waals surface area contributed by atoms with Crippen molar-refractivity contribution < 1.29 is 13.2 Å². The van der Waals surface area contributed by atoms with E-state index in [1.54, 1.807) is 19.1 Å². The molecule has 0 aliphatic rings. The number of benzene rings is 1. The van der Waals surface area contributed by atoms with Crippen molar-refractivity contribution in [2.75, 3.05) is 17.1 Å². The van der Waals surface area contributed by atoms with Crippen molar-refractivity contribution in [3.8, 4) is 5.75 Å². The number of anilines is 2. The monoisotopic (exact) mass is 327 g/mol. The van der Waals surface area contributed by atoms with Crippen LogP contribution in [-0.4, -0.2) is 20.0 Å². The predicted octanol–water partition coefficient (Wildman–Crippen LogP) is 2.54. The van der Waals surface area contributed by atoms with E-state index in [9.17, 15) is 8.42 Å². The van der Waals surface area contributed by atoms with Gasteiger partial charge < -0.3 is 10.5 Å². The lowest BCUT2D eigenvalue weighted by Crippen LogP contribution is -2.14. The lowest BCUT2D eigenvalue weighted by molar-refractivity contribution is 0.331. The van der Waals surface area contributed by atoms with Crippen LogP contribution in [0, 0.1) is 13.8 Å². The Morgan fingerprint density at radius 2 is 2.10 bits per heavy atom. The number of thiazole rings is 1. The van der Waals surface area contributed by atoms with E-state index in [-0.39, 0.29) is 10.6 Å². The number of nitrogen functional groups attached to an aromatic ring is 1. The average molecular weight is 327 g/mol. The SMILES string of the molecule is CCOc1ccc(N)cc1S(=O)(=O)Nc1nc(C)c(C)s1. The Kier molecular flexibility index (Phi) is 4.38. The first-order chi connectivity index (χ1) is 9.83. The van der Waals surface area contributed by atoms with Crippen molar-refractivity contribution in [3.05, 3.63) is 28.8 Å². The summed E-state index contributed by atoms with van der Waals surface area (Å²) in [5, 5.41) is 0.329. The molecule has 0 aliphatic carbocycles. The van der Waals surface area contributed by atoms with Crippen LogP contribution in [0.25, 0.3) is 0 Å². The number of hydrogen-bond donors (Lipinski definition) is 2. The molecular formula is C13H17N3O3S2. The Morgan fingerprint density at radius 3 is 2.67 bits per heavy atom. The van der Waals surface area contributed by atoms with Crippen LogP contribution in [-0.2, 0) is 10.0 Å². The Bertz CT molecular complexity index is 735. The molecule has 0 unspecified atom stereocenters. The van der Waals surface area contributed by atoms with Crippen LogP contribution in [0.15, 0.2) is 23.1 Å². The highest BCUT2D eigenvalue weighted by Gasteiger charge is 2.22. The summed E-state index contributed by atoms with van der Waals surface area (Å²) in [7, 11) is -3.80. The van der Waals surface area contributed by atoms with E-state index in [1.807, 2.05) is 13.8 Å². The summed E-state index contributed by atoms with van der Waals surface area (Å²) in [5.74, 6) is 0.268. The molecule has 0 saturated heterocycles. The van der Waals surface area contributed by atoms with Gasteiger partial charge in [0.15, 0.2) is 5.13 Å². The van der Waals surface area contributed by atoms with Gasteiger partial charge in [-0.25, -0.2) is 13.4 Å². The van der Waals surface area contributed by atoms with Gasteiger partial charge in [0.25, 0.3) is 10.0 Å². The summed E-state index contributed by atoms with van der Waals surface area (Å²) < 4.78 is 32.8. The molecule has 1 aromatic heterocycles. The number of nitrogens with one attached hydrogen (secondary N) is 1. The standard InChI is InChI=1S/C13H17N3O3S2/c1-4-19-11-6-5-10(14)7-12(11)21(17,18)16-13-15-8(2)9(3)20-13/h5-7H,4,14H2,1-3H3,(H,15,16). The Balaban J connectivity index is 2.41. The smallest absolute Gasteiger partial charge is 0.267 e. The van der Waals surface area contributed by atoms with Crippen LogP contribution < -0.4 is 15.2 Å². The molecule has 2 rings (SSSR count). The van der Waals surface area contributed by atoms with Crippen molar-refractivity contribution in [2.45, 2.75) is 25.7 Å². The van der Waals surface area contributed by atoms with Crippen molar-refractivity contribution in [2.24, 2.45) is 0 Å². The molecule has 0 saturated carbocycles. The normalized spacial score (nSPS) is 11.4. The minimum absolute atomic E-state index is 0.00913. The third kappa shape index (κ3) is 3.45. The fourth-order valence-corrected chi connectivity index (χ4v) is 3.93. The van der Waals surface area contributed by atoms with Crippen molar-refractivity contribution >= 4 is 32.2 Å². The van der Waals surface area contributed by atoms with Gasteiger partial charge in [-0.15, -0.1) is 11.3 Å². The maximum atomic E-state index is 12.5. The highest BCUT2D eigenvalue weighted by molar-refractivity contribution is 7.93. The quantitative estimate of drug-likeness (QED) is 0.823. The van der Waals surface area contributed by atoms with Crippen LogP contribution >= 0.6 is 11.3 Å². The fourth-order valence-electron chi connectivity index (χ4n) is 1.70. The van der Waals surface area contributed by atoms with Gasteiger partial charge in [-0.3, -0.25) is 4.72 Å². The molecule has 0 radical (unpaired) electrons.